The monoisotopic (exact) mass is 364 g/mol. The van der Waals surface area contributed by atoms with Gasteiger partial charge < -0.3 is 15.0 Å². The van der Waals surface area contributed by atoms with Crippen molar-refractivity contribution >= 4 is 35.2 Å². The van der Waals surface area contributed by atoms with Crippen LogP contribution in [0, 0.1) is 5.92 Å². The Morgan fingerprint density at radius 2 is 2.00 bits per heavy atom. The van der Waals surface area contributed by atoms with Gasteiger partial charge >= 0.3 is 5.97 Å². The minimum absolute atomic E-state index is 0.0196. The van der Waals surface area contributed by atoms with E-state index in [-0.39, 0.29) is 37.4 Å². The van der Waals surface area contributed by atoms with E-state index in [2.05, 4.69) is 5.32 Å². The molecule has 0 radical (unpaired) electrons. The van der Waals surface area contributed by atoms with Crippen LogP contribution in [0.2, 0.25) is 0 Å². The Morgan fingerprint density at radius 1 is 1.28 bits per heavy atom. The van der Waals surface area contributed by atoms with Crippen molar-refractivity contribution in [2.75, 3.05) is 23.8 Å². The molecule has 0 aromatic heterocycles. The predicted octanol–water partition coefficient (Wildman–Crippen LogP) is 2.22. The third-order valence-corrected chi connectivity index (χ3v) is 5.15. The molecule has 2 amide bonds. The Hall–Kier alpha value is -2.02. The number of para-hydroxylation sites is 1. The van der Waals surface area contributed by atoms with Crippen LogP contribution in [-0.4, -0.2) is 42.7 Å². The van der Waals surface area contributed by atoms with E-state index in [0.29, 0.717) is 11.7 Å². The molecule has 0 fully saturated rings. The van der Waals surface area contributed by atoms with Crippen molar-refractivity contribution in [1.82, 2.24) is 5.32 Å². The number of nitrogens with zero attached hydrogens (tertiary/aromatic N) is 1. The highest BCUT2D eigenvalue weighted by molar-refractivity contribution is 8.00. The first kappa shape index (κ1) is 19.3. The van der Waals surface area contributed by atoms with Crippen LogP contribution in [-0.2, 0) is 19.1 Å². The second-order valence-corrected chi connectivity index (χ2v) is 7.33. The Bertz CT molecular complexity index is 648. The number of benzene rings is 1. The maximum Gasteiger partial charge on any atom is 0.308 e. The lowest BCUT2D eigenvalue weighted by molar-refractivity contribution is -0.148. The summed E-state index contributed by atoms with van der Waals surface area (Å²) in [6.07, 6.45) is 0.0533. The van der Waals surface area contributed by atoms with Gasteiger partial charge in [-0.1, -0.05) is 26.0 Å². The molecule has 2 rings (SSSR count). The molecule has 0 unspecified atom stereocenters. The average molecular weight is 364 g/mol. The van der Waals surface area contributed by atoms with Crippen molar-refractivity contribution in [2.24, 2.45) is 5.92 Å². The molecule has 1 heterocycles. The van der Waals surface area contributed by atoms with Gasteiger partial charge in [-0.2, -0.15) is 0 Å². The highest BCUT2D eigenvalue weighted by atomic mass is 32.2. The van der Waals surface area contributed by atoms with Crippen LogP contribution >= 0.6 is 11.8 Å². The van der Waals surface area contributed by atoms with Crippen LogP contribution in [0.5, 0.6) is 0 Å². The van der Waals surface area contributed by atoms with Gasteiger partial charge in [0.25, 0.3) is 5.91 Å². The minimum Gasteiger partial charge on any atom is -0.456 e. The van der Waals surface area contributed by atoms with E-state index in [4.69, 9.17) is 4.74 Å². The molecule has 0 aliphatic carbocycles. The normalized spacial score (nSPS) is 14.9. The molecule has 1 atom stereocenters. The number of carbonyl (C=O) groups is 3. The van der Waals surface area contributed by atoms with Crippen LogP contribution in [0.1, 0.15) is 27.2 Å². The number of ether oxygens (including phenoxy) is 1. The van der Waals surface area contributed by atoms with E-state index in [1.54, 1.807) is 4.90 Å². The summed E-state index contributed by atoms with van der Waals surface area (Å²) in [5.74, 6) is -0.162. The van der Waals surface area contributed by atoms with Crippen LogP contribution in [0.15, 0.2) is 29.2 Å². The average Bonchev–Trinajstić information content (AvgIpc) is 2.59. The highest BCUT2D eigenvalue weighted by Crippen LogP contribution is 2.34. The smallest absolute Gasteiger partial charge is 0.308 e. The summed E-state index contributed by atoms with van der Waals surface area (Å²) in [4.78, 5) is 38.4. The van der Waals surface area contributed by atoms with Crippen molar-refractivity contribution in [3.63, 3.8) is 0 Å². The van der Waals surface area contributed by atoms with Gasteiger partial charge in [-0.15, -0.1) is 11.8 Å². The number of amides is 2. The second-order valence-electron chi connectivity index (χ2n) is 6.31. The molecule has 7 heteroatoms. The summed E-state index contributed by atoms with van der Waals surface area (Å²) >= 11 is 1.50. The van der Waals surface area contributed by atoms with Crippen LogP contribution < -0.4 is 10.2 Å². The number of hydrogen-bond acceptors (Lipinski definition) is 5. The summed E-state index contributed by atoms with van der Waals surface area (Å²) in [7, 11) is 0. The topological polar surface area (TPSA) is 75.7 Å². The number of thioether (sulfide) groups is 1. The van der Waals surface area contributed by atoms with Gasteiger partial charge in [0.15, 0.2) is 6.61 Å². The van der Waals surface area contributed by atoms with Crippen molar-refractivity contribution < 1.29 is 19.1 Å². The molecule has 1 aromatic carbocycles. The van der Waals surface area contributed by atoms with E-state index < -0.39 is 5.97 Å². The number of carbonyl (C=O) groups excluding carboxylic acids is 3. The fourth-order valence-corrected chi connectivity index (χ4v) is 3.22. The second kappa shape index (κ2) is 8.89. The molecule has 1 aliphatic heterocycles. The molecule has 1 aliphatic rings. The summed E-state index contributed by atoms with van der Waals surface area (Å²) in [5, 5.41) is 2.78. The minimum atomic E-state index is -0.490. The zero-order valence-corrected chi connectivity index (χ0v) is 15.6. The summed E-state index contributed by atoms with van der Waals surface area (Å²) in [6, 6.07) is 7.63. The summed E-state index contributed by atoms with van der Waals surface area (Å²) < 4.78 is 5.00. The van der Waals surface area contributed by atoms with Gasteiger partial charge in [0.2, 0.25) is 5.91 Å². The van der Waals surface area contributed by atoms with E-state index >= 15 is 0 Å². The van der Waals surface area contributed by atoms with E-state index in [1.165, 1.54) is 11.8 Å². The largest absolute Gasteiger partial charge is 0.456 e. The zero-order chi connectivity index (χ0) is 18.4. The maximum absolute atomic E-state index is 12.1. The first-order chi connectivity index (χ1) is 11.9. The Balaban J connectivity index is 1.80. The third kappa shape index (κ3) is 5.49. The van der Waals surface area contributed by atoms with Gasteiger partial charge in [0.05, 0.1) is 17.9 Å². The van der Waals surface area contributed by atoms with Gasteiger partial charge in [-0.25, -0.2) is 0 Å². The SMILES string of the molecule is CC(C)[C@@H](C)NC(=O)COC(=O)CCN1C(=O)CSc2ccccc21. The van der Waals surface area contributed by atoms with E-state index in [9.17, 15) is 14.4 Å². The standard InChI is InChI=1S/C18H24N2O4S/c1-12(2)13(3)19-16(21)10-24-18(23)8-9-20-14-6-4-5-7-15(14)25-11-17(20)22/h4-7,12-13H,8-11H2,1-3H3,(H,19,21)/t13-/m1/s1. The molecule has 1 N–H and O–H groups in total. The van der Waals surface area contributed by atoms with Crippen LogP contribution in [0.4, 0.5) is 5.69 Å². The number of hydrogen-bond donors (Lipinski definition) is 1. The molecular formula is C18H24N2O4S. The molecule has 25 heavy (non-hydrogen) atoms. The van der Waals surface area contributed by atoms with Gasteiger partial charge in [0, 0.05) is 17.5 Å². The van der Waals surface area contributed by atoms with E-state index in [0.717, 1.165) is 10.6 Å². The van der Waals surface area contributed by atoms with Crippen LogP contribution in [0.3, 0.4) is 0 Å². The number of esters is 1. The lowest BCUT2D eigenvalue weighted by Crippen LogP contribution is -2.39. The number of rotatable bonds is 7. The molecule has 0 spiro atoms. The van der Waals surface area contributed by atoms with Crippen molar-refractivity contribution in [3.8, 4) is 0 Å². The van der Waals surface area contributed by atoms with Gasteiger partial charge in [-0.05, 0) is 25.0 Å². The Kier molecular flexibility index (Phi) is 6.87. The molecule has 136 valence electrons. The summed E-state index contributed by atoms with van der Waals surface area (Å²) in [5.41, 5.74) is 0.819. The number of fused-ring (bicyclic) bond motifs is 1. The van der Waals surface area contributed by atoms with Crippen molar-refractivity contribution in [1.29, 1.82) is 0 Å². The molecule has 6 nitrogen and oxygen atoms in total. The Morgan fingerprint density at radius 3 is 2.72 bits per heavy atom. The maximum atomic E-state index is 12.1. The van der Waals surface area contributed by atoms with E-state index in [1.807, 2.05) is 45.0 Å². The Labute approximate surface area is 152 Å². The van der Waals surface area contributed by atoms with Gasteiger partial charge in [-0.3, -0.25) is 14.4 Å². The molecule has 0 saturated carbocycles. The lowest BCUT2D eigenvalue weighted by Gasteiger charge is -2.28. The fourth-order valence-electron chi connectivity index (χ4n) is 2.28. The fraction of sp³-hybridized carbons (Fsp3) is 0.500. The first-order valence-corrected chi connectivity index (χ1v) is 9.34. The van der Waals surface area contributed by atoms with Gasteiger partial charge in [0.1, 0.15) is 0 Å². The zero-order valence-electron chi connectivity index (χ0n) is 14.8. The molecule has 0 bridgehead atoms. The molecule has 1 aromatic rings. The summed E-state index contributed by atoms with van der Waals surface area (Å²) in [6.45, 7) is 5.86. The number of anilines is 1. The first-order valence-electron chi connectivity index (χ1n) is 8.35. The highest BCUT2D eigenvalue weighted by Gasteiger charge is 2.25. The van der Waals surface area contributed by atoms with Crippen LogP contribution in [0.25, 0.3) is 0 Å². The quantitative estimate of drug-likeness (QED) is 0.751. The lowest BCUT2D eigenvalue weighted by atomic mass is 10.1. The molecular weight excluding hydrogens is 340 g/mol. The van der Waals surface area contributed by atoms with Crippen molar-refractivity contribution in [3.05, 3.63) is 24.3 Å². The third-order valence-electron chi connectivity index (χ3n) is 4.10. The predicted molar refractivity (Wildman–Crippen MR) is 97.5 cm³/mol. The molecule has 0 saturated heterocycles. The van der Waals surface area contributed by atoms with Crippen molar-refractivity contribution in [2.45, 2.75) is 38.1 Å². The number of nitrogens with one attached hydrogen (secondary N) is 1.